The van der Waals surface area contributed by atoms with E-state index in [0.29, 0.717) is 28.1 Å². The highest BCUT2D eigenvalue weighted by Gasteiger charge is 2.40. The zero-order valence-electron chi connectivity index (χ0n) is 20.3. The number of rotatable bonds is 9. The lowest BCUT2D eigenvalue weighted by Gasteiger charge is -2.34. The van der Waals surface area contributed by atoms with Crippen molar-refractivity contribution < 1.29 is 17.4 Å². The van der Waals surface area contributed by atoms with Gasteiger partial charge < -0.3 is 0 Å². The Labute approximate surface area is 235 Å². The van der Waals surface area contributed by atoms with Crippen molar-refractivity contribution in [2.24, 2.45) is 0 Å². The van der Waals surface area contributed by atoms with Gasteiger partial charge in [-0.15, -0.1) is 0 Å². The van der Waals surface area contributed by atoms with Crippen molar-refractivity contribution in [1.82, 2.24) is 4.98 Å². The summed E-state index contributed by atoms with van der Waals surface area (Å²) in [5.41, 5.74) is 2.63. The Morgan fingerprint density at radius 3 is 2.51 bits per heavy atom. The van der Waals surface area contributed by atoms with Crippen LogP contribution in [0, 0.1) is 0 Å². The summed E-state index contributed by atoms with van der Waals surface area (Å²) in [4.78, 5) is 17.5. The summed E-state index contributed by atoms with van der Waals surface area (Å²) in [6.07, 6.45) is 5.12. The third-order valence-corrected chi connectivity index (χ3v) is 7.57. The average Bonchev–Trinajstić information content (AvgIpc) is 2.89. The molecule has 1 heterocycles. The van der Waals surface area contributed by atoms with Crippen LogP contribution in [-0.2, 0) is 19.9 Å². The van der Waals surface area contributed by atoms with Gasteiger partial charge in [0.25, 0.3) is 10.1 Å². The monoisotopic (exact) mass is 645 g/mol. The highest BCUT2D eigenvalue weighted by molar-refractivity contribution is 14.1. The molecule has 0 saturated carbocycles. The van der Waals surface area contributed by atoms with Gasteiger partial charge in [-0.3, -0.25) is 8.98 Å². The van der Waals surface area contributed by atoms with E-state index in [9.17, 15) is 13.2 Å². The lowest BCUT2D eigenvalue weighted by molar-refractivity contribution is 0.0981. The molecule has 0 amide bonds. The normalized spacial score (nSPS) is 13.6. The summed E-state index contributed by atoms with van der Waals surface area (Å²) in [5, 5.41) is 1.62. The van der Waals surface area contributed by atoms with Crippen molar-refractivity contribution in [1.29, 1.82) is 0 Å². The Kier molecular flexibility index (Phi) is 8.48. The van der Waals surface area contributed by atoms with Crippen molar-refractivity contribution in [3.8, 4) is 0 Å². The number of aromatic nitrogens is 1. The predicted molar refractivity (Wildman–Crippen MR) is 159 cm³/mol. The van der Waals surface area contributed by atoms with E-state index in [4.69, 9.17) is 15.8 Å². The predicted octanol–water partition coefficient (Wildman–Crippen LogP) is 7.31. The SMILES string of the molecule is CCC(OS(C)(=O)=O)(c1cccc(C=Cc2ccc3ccc(Cl)cc3n2)c1)c1ccccc1C(=O)CI. The van der Waals surface area contributed by atoms with E-state index in [-0.39, 0.29) is 10.2 Å². The van der Waals surface area contributed by atoms with Crippen LogP contribution in [0.25, 0.3) is 23.1 Å². The van der Waals surface area contributed by atoms with E-state index in [1.165, 1.54) is 0 Å². The van der Waals surface area contributed by atoms with Gasteiger partial charge in [-0.25, -0.2) is 4.98 Å². The second-order valence-corrected chi connectivity index (χ2v) is 11.4. The number of carbonyl (C=O) groups excluding carboxylic acids is 1. The van der Waals surface area contributed by atoms with Crippen molar-refractivity contribution in [3.63, 3.8) is 0 Å². The van der Waals surface area contributed by atoms with Gasteiger partial charge in [-0.2, -0.15) is 8.42 Å². The molecule has 1 unspecified atom stereocenters. The van der Waals surface area contributed by atoms with Gasteiger partial charge in [0.05, 0.1) is 21.9 Å². The largest absolute Gasteiger partial charge is 0.293 e. The average molecular weight is 646 g/mol. The maximum Gasteiger partial charge on any atom is 0.265 e. The van der Waals surface area contributed by atoms with E-state index < -0.39 is 15.7 Å². The van der Waals surface area contributed by atoms with Gasteiger partial charge in [0.15, 0.2) is 5.78 Å². The molecular weight excluding hydrogens is 621 g/mol. The van der Waals surface area contributed by atoms with Crippen LogP contribution in [0.4, 0.5) is 0 Å². The second-order valence-electron chi connectivity index (χ2n) is 8.60. The Hall–Kier alpha value is -2.59. The molecule has 0 N–H and O–H groups in total. The van der Waals surface area contributed by atoms with E-state index in [2.05, 4.69) is 4.98 Å². The summed E-state index contributed by atoms with van der Waals surface area (Å²) in [6, 6.07) is 24.0. The molecule has 1 atom stereocenters. The Balaban J connectivity index is 1.81. The number of hydrogen-bond donors (Lipinski definition) is 0. The van der Waals surface area contributed by atoms with Gasteiger partial charge in [0.1, 0.15) is 5.60 Å². The van der Waals surface area contributed by atoms with Crippen molar-refractivity contribution >= 4 is 73.1 Å². The van der Waals surface area contributed by atoms with Crippen LogP contribution < -0.4 is 0 Å². The van der Waals surface area contributed by atoms with Crippen LogP contribution in [-0.4, -0.2) is 29.9 Å². The molecule has 0 aliphatic carbocycles. The lowest BCUT2D eigenvalue weighted by atomic mass is 9.80. The summed E-state index contributed by atoms with van der Waals surface area (Å²) >= 11 is 8.13. The number of alkyl halides is 1. The third kappa shape index (κ3) is 6.29. The standard InChI is InChI=1S/C29H25ClINO4S/c1-3-29(36-37(2,34)35,26-10-5-4-9-25(26)28(33)19-31)22-8-6-7-20(17-22)11-15-24-16-13-21-12-14-23(30)18-27(21)32-24/h4-18H,3,19H2,1-2H3. The Bertz CT molecular complexity index is 1600. The fourth-order valence-electron chi connectivity index (χ4n) is 4.38. The van der Waals surface area contributed by atoms with Gasteiger partial charge in [-0.1, -0.05) is 102 Å². The molecule has 5 nitrogen and oxygen atoms in total. The summed E-state index contributed by atoms with van der Waals surface area (Å²) in [5.74, 6) is -0.0929. The molecule has 0 radical (unpaired) electrons. The number of ketones is 1. The fourth-order valence-corrected chi connectivity index (χ4v) is 5.78. The summed E-state index contributed by atoms with van der Waals surface area (Å²) in [6.45, 7) is 1.85. The molecule has 4 rings (SSSR count). The molecule has 37 heavy (non-hydrogen) atoms. The molecule has 1 aromatic heterocycles. The topological polar surface area (TPSA) is 73.3 Å². The highest BCUT2D eigenvalue weighted by atomic mass is 127. The summed E-state index contributed by atoms with van der Waals surface area (Å²) < 4.78 is 31.1. The smallest absolute Gasteiger partial charge is 0.265 e. The van der Waals surface area contributed by atoms with Crippen molar-refractivity contribution in [2.45, 2.75) is 18.9 Å². The van der Waals surface area contributed by atoms with Crippen LogP contribution >= 0.6 is 34.2 Å². The van der Waals surface area contributed by atoms with Crippen molar-refractivity contribution in [2.75, 3.05) is 10.7 Å². The zero-order chi connectivity index (χ0) is 26.6. The van der Waals surface area contributed by atoms with Crippen LogP contribution in [0.3, 0.4) is 0 Å². The Morgan fingerprint density at radius 1 is 1.03 bits per heavy atom. The zero-order valence-corrected chi connectivity index (χ0v) is 24.0. The number of carbonyl (C=O) groups is 1. The maximum absolute atomic E-state index is 12.8. The minimum absolute atomic E-state index is 0.0929. The Morgan fingerprint density at radius 2 is 1.78 bits per heavy atom. The van der Waals surface area contributed by atoms with Crippen LogP contribution in [0.15, 0.2) is 78.9 Å². The molecule has 0 bridgehead atoms. The molecule has 0 spiro atoms. The number of nitrogens with zero attached hydrogens (tertiary/aromatic N) is 1. The molecule has 0 aliphatic rings. The van der Waals surface area contributed by atoms with E-state index in [1.807, 2.05) is 96.3 Å². The first kappa shape index (κ1) is 27.4. The van der Waals surface area contributed by atoms with E-state index in [0.717, 1.165) is 28.4 Å². The lowest BCUT2D eigenvalue weighted by Crippen LogP contribution is -2.35. The maximum atomic E-state index is 12.8. The quantitative estimate of drug-likeness (QED) is 0.0827. The number of halogens is 2. The minimum Gasteiger partial charge on any atom is -0.293 e. The van der Waals surface area contributed by atoms with Crippen LogP contribution in [0.2, 0.25) is 5.02 Å². The number of Topliss-reactive ketones (excluding diaryl/α,β-unsaturated/α-hetero) is 1. The number of benzene rings is 3. The molecule has 8 heteroatoms. The van der Waals surface area contributed by atoms with Gasteiger partial charge in [0.2, 0.25) is 0 Å². The summed E-state index contributed by atoms with van der Waals surface area (Å²) in [7, 11) is -3.88. The highest BCUT2D eigenvalue weighted by Crippen LogP contribution is 2.41. The van der Waals surface area contributed by atoms with Crippen molar-refractivity contribution in [3.05, 3.63) is 112 Å². The van der Waals surface area contributed by atoms with E-state index in [1.54, 1.807) is 24.3 Å². The molecular formula is C29H25ClINO4S. The second kappa shape index (κ2) is 11.4. The number of fused-ring (bicyclic) bond motifs is 1. The van der Waals surface area contributed by atoms with Gasteiger partial charge in [-0.05, 0) is 47.9 Å². The fraction of sp³-hybridized carbons (Fsp3) is 0.172. The third-order valence-electron chi connectivity index (χ3n) is 6.05. The molecule has 4 aromatic rings. The first-order valence-corrected chi connectivity index (χ1v) is 15.3. The van der Waals surface area contributed by atoms with Crippen LogP contribution in [0.5, 0.6) is 0 Å². The first-order chi connectivity index (χ1) is 17.6. The van der Waals surface area contributed by atoms with Gasteiger partial charge >= 0.3 is 0 Å². The molecule has 0 aliphatic heterocycles. The molecule has 0 fully saturated rings. The van der Waals surface area contributed by atoms with Crippen LogP contribution in [0.1, 0.15) is 46.1 Å². The number of pyridine rings is 1. The van der Waals surface area contributed by atoms with Gasteiger partial charge in [0, 0.05) is 21.5 Å². The minimum atomic E-state index is -3.88. The number of hydrogen-bond acceptors (Lipinski definition) is 5. The first-order valence-electron chi connectivity index (χ1n) is 11.6. The molecule has 3 aromatic carbocycles. The molecule has 0 saturated heterocycles. The van der Waals surface area contributed by atoms with E-state index >= 15 is 0 Å². The molecule has 190 valence electrons.